The fourth-order valence-electron chi connectivity index (χ4n) is 2.41. The van der Waals surface area contributed by atoms with Gasteiger partial charge in [0.1, 0.15) is 5.82 Å². The summed E-state index contributed by atoms with van der Waals surface area (Å²) in [6.45, 7) is 4.77. The largest absolute Gasteiger partial charge is 0.350 e. The zero-order chi connectivity index (χ0) is 16.9. The first-order chi connectivity index (χ1) is 11.6. The molecule has 0 aliphatic rings. The first-order valence-corrected chi connectivity index (χ1v) is 8.56. The quantitative estimate of drug-likeness (QED) is 0.635. The van der Waals surface area contributed by atoms with Crippen LogP contribution in [0.4, 0.5) is 17.5 Å². The topological polar surface area (TPSA) is 49.8 Å². The monoisotopic (exact) mass is 382 g/mol. The van der Waals surface area contributed by atoms with Crippen molar-refractivity contribution in [2.24, 2.45) is 0 Å². The molecule has 3 rings (SSSR count). The molecule has 122 valence electrons. The highest BCUT2D eigenvalue weighted by molar-refractivity contribution is 9.10. The van der Waals surface area contributed by atoms with Crippen LogP contribution in [0.3, 0.4) is 0 Å². The highest BCUT2D eigenvalue weighted by Gasteiger charge is 2.04. The van der Waals surface area contributed by atoms with Gasteiger partial charge in [-0.1, -0.05) is 46.3 Å². The smallest absolute Gasteiger partial charge is 0.225 e. The second-order valence-corrected chi connectivity index (χ2v) is 6.55. The molecule has 2 aromatic carbocycles. The Labute approximate surface area is 150 Å². The third-order valence-corrected chi connectivity index (χ3v) is 4.14. The van der Waals surface area contributed by atoms with Crippen LogP contribution in [-0.2, 0) is 6.54 Å². The average molecular weight is 383 g/mol. The van der Waals surface area contributed by atoms with Crippen LogP contribution in [0, 0.1) is 13.8 Å². The molecule has 0 aliphatic heterocycles. The summed E-state index contributed by atoms with van der Waals surface area (Å²) in [7, 11) is 0. The predicted molar refractivity (Wildman–Crippen MR) is 103 cm³/mol. The molecule has 0 fully saturated rings. The minimum Gasteiger partial charge on any atom is -0.350 e. The fraction of sp³-hybridized carbons (Fsp3) is 0.158. The van der Waals surface area contributed by atoms with Crippen LogP contribution in [0.5, 0.6) is 0 Å². The van der Waals surface area contributed by atoms with Crippen LogP contribution in [0.25, 0.3) is 0 Å². The molecule has 3 aromatic rings. The Morgan fingerprint density at radius 3 is 2.58 bits per heavy atom. The minimum atomic E-state index is 0.621. The van der Waals surface area contributed by atoms with Gasteiger partial charge >= 0.3 is 0 Å². The molecular formula is C19H19BrN4. The highest BCUT2D eigenvalue weighted by atomic mass is 79.9. The van der Waals surface area contributed by atoms with Gasteiger partial charge in [0.15, 0.2) is 0 Å². The number of aryl methyl sites for hydroxylation is 2. The summed E-state index contributed by atoms with van der Waals surface area (Å²) in [5.41, 5.74) is 4.39. The van der Waals surface area contributed by atoms with Gasteiger partial charge in [-0.25, -0.2) is 4.98 Å². The molecule has 2 N–H and O–H groups in total. The summed E-state index contributed by atoms with van der Waals surface area (Å²) >= 11 is 3.48. The summed E-state index contributed by atoms with van der Waals surface area (Å²) < 4.78 is 1.02. The predicted octanol–water partition coefficient (Wildman–Crippen LogP) is 5.21. The molecular weight excluding hydrogens is 364 g/mol. The van der Waals surface area contributed by atoms with Crippen molar-refractivity contribution in [3.63, 3.8) is 0 Å². The van der Waals surface area contributed by atoms with E-state index >= 15 is 0 Å². The summed E-state index contributed by atoms with van der Waals surface area (Å²) in [5, 5.41) is 6.62. The normalized spacial score (nSPS) is 10.5. The zero-order valence-electron chi connectivity index (χ0n) is 13.7. The molecule has 0 spiro atoms. The number of rotatable bonds is 5. The number of hydrogen-bond acceptors (Lipinski definition) is 4. The van der Waals surface area contributed by atoms with E-state index < -0.39 is 0 Å². The third kappa shape index (κ3) is 4.32. The summed E-state index contributed by atoms with van der Waals surface area (Å²) in [6, 6.07) is 18.2. The van der Waals surface area contributed by atoms with Gasteiger partial charge in [-0.05, 0) is 43.2 Å². The lowest BCUT2D eigenvalue weighted by Gasteiger charge is -2.11. The Morgan fingerprint density at radius 2 is 1.79 bits per heavy atom. The second kappa shape index (κ2) is 7.45. The van der Waals surface area contributed by atoms with Crippen molar-refractivity contribution in [2.45, 2.75) is 20.4 Å². The van der Waals surface area contributed by atoms with Crippen LogP contribution in [0.1, 0.15) is 16.8 Å². The van der Waals surface area contributed by atoms with Crippen molar-refractivity contribution in [3.05, 3.63) is 75.9 Å². The second-order valence-electron chi connectivity index (χ2n) is 5.63. The molecule has 0 radical (unpaired) electrons. The molecule has 4 nitrogen and oxygen atoms in total. The molecule has 24 heavy (non-hydrogen) atoms. The lowest BCUT2D eigenvalue weighted by Crippen LogP contribution is -2.07. The Kier molecular flexibility index (Phi) is 5.11. The van der Waals surface area contributed by atoms with Gasteiger partial charge in [-0.3, -0.25) is 0 Å². The van der Waals surface area contributed by atoms with Crippen LogP contribution in [-0.4, -0.2) is 9.97 Å². The van der Waals surface area contributed by atoms with Gasteiger partial charge in [-0.2, -0.15) is 4.98 Å². The maximum absolute atomic E-state index is 4.55. The van der Waals surface area contributed by atoms with Crippen molar-refractivity contribution >= 4 is 33.4 Å². The van der Waals surface area contributed by atoms with E-state index in [0.717, 1.165) is 21.7 Å². The Bertz CT molecular complexity index is 848. The Balaban J connectivity index is 1.75. The molecule has 5 heteroatoms. The maximum Gasteiger partial charge on any atom is 0.225 e. The summed E-state index contributed by atoms with van der Waals surface area (Å²) in [5.74, 6) is 1.39. The van der Waals surface area contributed by atoms with E-state index in [1.807, 2.05) is 49.4 Å². The lowest BCUT2D eigenvalue weighted by molar-refractivity contribution is 1.02. The van der Waals surface area contributed by atoms with E-state index in [-0.39, 0.29) is 0 Å². The Morgan fingerprint density at radius 1 is 0.958 bits per heavy atom. The van der Waals surface area contributed by atoms with Crippen LogP contribution >= 0.6 is 15.9 Å². The standard InChI is InChI=1S/C19H19BrN4/c1-13-6-3-4-7-15(13)12-21-19-22-14(2)10-18(24-19)23-17-9-5-8-16(20)11-17/h3-11H,12H2,1-2H3,(H2,21,22,23,24). The minimum absolute atomic E-state index is 0.621. The van der Waals surface area contributed by atoms with E-state index in [1.165, 1.54) is 11.1 Å². The van der Waals surface area contributed by atoms with Crippen molar-refractivity contribution in [1.29, 1.82) is 0 Å². The van der Waals surface area contributed by atoms with Gasteiger partial charge in [0, 0.05) is 28.5 Å². The Hall–Kier alpha value is -2.40. The maximum atomic E-state index is 4.55. The number of benzene rings is 2. The van der Waals surface area contributed by atoms with Crippen molar-refractivity contribution in [1.82, 2.24) is 9.97 Å². The van der Waals surface area contributed by atoms with Crippen molar-refractivity contribution < 1.29 is 0 Å². The molecule has 0 aliphatic carbocycles. The third-order valence-electron chi connectivity index (χ3n) is 3.65. The number of nitrogens with one attached hydrogen (secondary N) is 2. The molecule has 0 saturated heterocycles. The highest BCUT2D eigenvalue weighted by Crippen LogP contribution is 2.20. The molecule has 0 atom stereocenters. The first-order valence-electron chi connectivity index (χ1n) is 7.77. The molecule has 0 saturated carbocycles. The first kappa shape index (κ1) is 16.5. The number of anilines is 3. The molecule has 0 bridgehead atoms. The van der Waals surface area contributed by atoms with Gasteiger partial charge in [0.05, 0.1) is 0 Å². The van der Waals surface area contributed by atoms with Gasteiger partial charge < -0.3 is 10.6 Å². The number of aromatic nitrogens is 2. The van der Waals surface area contributed by atoms with Crippen LogP contribution in [0.15, 0.2) is 59.1 Å². The number of nitrogens with zero attached hydrogens (tertiary/aromatic N) is 2. The average Bonchev–Trinajstić information content (AvgIpc) is 2.53. The van der Waals surface area contributed by atoms with Crippen LogP contribution in [0.2, 0.25) is 0 Å². The van der Waals surface area contributed by atoms with Gasteiger partial charge in [-0.15, -0.1) is 0 Å². The number of hydrogen-bond donors (Lipinski definition) is 2. The van der Waals surface area contributed by atoms with E-state index in [0.29, 0.717) is 12.5 Å². The van der Waals surface area contributed by atoms with Crippen molar-refractivity contribution in [2.75, 3.05) is 10.6 Å². The van der Waals surface area contributed by atoms with Gasteiger partial charge in [0.2, 0.25) is 5.95 Å². The zero-order valence-corrected chi connectivity index (χ0v) is 15.3. The molecule has 1 heterocycles. The summed E-state index contributed by atoms with van der Waals surface area (Å²) in [4.78, 5) is 9.02. The van der Waals surface area contributed by atoms with Gasteiger partial charge in [0.25, 0.3) is 0 Å². The molecule has 0 amide bonds. The van der Waals surface area contributed by atoms with E-state index in [4.69, 9.17) is 0 Å². The molecule has 1 aromatic heterocycles. The van der Waals surface area contributed by atoms with Crippen molar-refractivity contribution in [3.8, 4) is 0 Å². The van der Waals surface area contributed by atoms with Crippen LogP contribution < -0.4 is 10.6 Å². The van der Waals surface area contributed by atoms with E-state index in [9.17, 15) is 0 Å². The van der Waals surface area contributed by atoms with E-state index in [1.54, 1.807) is 0 Å². The number of halogens is 1. The SMILES string of the molecule is Cc1cc(Nc2cccc(Br)c2)nc(NCc2ccccc2C)n1. The summed E-state index contributed by atoms with van der Waals surface area (Å²) in [6.07, 6.45) is 0. The molecule has 0 unspecified atom stereocenters. The van der Waals surface area contributed by atoms with E-state index in [2.05, 4.69) is 55.6 Å². The lowest BCUT2D eigenvalue weighted by atomic mass is 10.1. The fourth-order valence-corrected chi connectivity index (χ4v) is 2.81.